The Bertz CT molecular complexity index is 1430. The number of rotatable bonds is 3. The molecule has 0 saturated carbocycles. The first-order valence-electron chi connectivity index (χ1n) is 10.2. The normalized spacial score (nSPS) is 11.8. The minimum atomic E-state index is -4.47. The van der Waals surface area contributed by atoms with Crippen LogP contribution < -0.4 is 4.74 Å². The molecule has 0 atom stereocenters. The number of ether oxygens (including phenoxy) is 1. The molecule has 5 aromatic carbocycles. The van der Waals surface area contributed by atoms with Gasteiger partial charge in [-0.25, -0.2) is 0 Å². The number of benzene rings is 5. The molecular weight excluding hydrogens is 409 g/mol. The molecule has 0 N–H and O–H groups in total. The van der Waals surface area contributed by atoms with Gasteiger partial charge in [0.15, 0.2) is 0 Å². The lowest BCUT2D eigenvalue weighted by molar-refractivity contribution is -0.137. The largest absolute Gasteiger partial charge is 0.497 e. The molecule has 1 nitrogen and oxygen atoms in total. The first kappa shape index (κ1) is 20.1. The summed E-state index contributed by atoms with van der Waals surface area (Å²) in [5.41, 5.74) is 1.72. The molecule has 0 aliphatic carbocycles. The van der Waals surface area contributed by atoms with Gasteiger partial charge in [0.2, 0.25) is 0 Å². The van der Waals surface area contributed by atoms with Crippen LogP contribution in [0.25, 0.3) is 43.8 Å². The highest BCUT2D eigenvalue weighted by molar-refractivity contribution is 6.21. The Morgan fingerprint density at radius 3 is 1.62 bits per heavy atom. The van der Waals surface area contributed by atoms with E-state index in [0.29, 0.717) is 11.3 Å². The van der Waals surface area contributed by atoms with Crippen LogP contribution in [0.5, 0.6) is 5.75 Å². The number of fused-ring (bicyclic) bond motifs is 3. The quantitative estimate of drug-likeness (QED) is 0.262. The third kappa shape index (κ3) is 3.28. The molecule has 5 rings (SSSR count). The van der Waals surface area contributed by atoms with Crippen molar-refractivity contribution < 1.29 is 17.9 Å². The van der Waals surface area contributed by atoms with E-state index in [4.69, 9.17) is 4.74 Å². The third-order valence-corrected chi connectivity index (χ3v) is 5.81. The Labute approximate surface area is 183 Å². The van der Waals surface area contributed by atoms with E-state index in [9.17, 15) is 13.2 Å². The van der Waals surface area contributed by atoms with Gasteiger partial charge in [0.05, 0.1) is 12.7 Å². The van der Waals surface area contributed by atoms with Crippen molar-refractivity contribution in [3.63, 3.8) is 0 Å². The zero-order valence-electron chi connectivity index (χ0n) is 17.3. The van der Waals surface area contributed by atoms with Crippen molar-refractivity contribution >= 4 is 21.5 Å². The number of methoxy groups -OCH3 is 1. The zero-order valence-corrected chi connectivity index (χ0v) is 17.3. The van der Waals surface area contributed by atoms with E-state index < -0.39 is 11.7 Å². The molecular formula is C28H19F3O. The lowest BCUT2D eigenvalue weighted by Crippen LogP contribution is -2.07. The molecule has 0 fully saturated rings. The minimum Gasteiger partial charge on any atom is -0.497 e. The van der Waals surface area contributed by atoms with Gasteiger partial charge in [-0.15, -0.1) is 0 Å². The van der Waals surface area contributed by atoms with E-state index in [-0.39, 0.29) is 5.56 Å². The zero-order chi connectivity index (χ0) is 22.3. The van der Waals surface area contributed by atoms with Crippen LogP contribution in [0.2, 0.25) is 0 Å². The summed E-state index contributed by atoms with van der Waals surface area (Å²) in [5.74, 6) is 0.691. The second-order valence-electron chi connectivity index (χ2n) is 7.61. The second kappa shape index (κ2) is 7.72. The van der Waals surface area contributed by atoms with Crippen LogP contribution in [0.3, 0.4) is 0 Å². The van der Waals surface area contributed by atoms with Crippen LogP contribution >= 0.6 is 0 Å². The van der Waals surface area contributed by atoms with Crippen LogP contribution in [0.4, 0.5) is 13.2 Å². The Morgan fingerprint density at radius 2 is 1.06 bits per heavy atom. The second-order valence-corrected chi connectivity index (χ2v) is 7.61. The molecule has 0 aromatic heterocycles. The summed E-state index contributed by atoms with van der Waals surface area (Å²) in [4.78, 5) is 0. The van der Waals surface area contributed by atoms with Crippen LogP contribution in [0.15, 0.2) is 97.1 Å². The van der Waals surface area contributed by atoms with Crippen molar-refractivity contribution in [2.45, 2.75) is 6.18 Å². The molecule has 0 heterocycles. The number of halogens is 3. The van der Waals surface area contributed by atoms with Crippen molar-refractivity contribution in [1.82, 2.24) is 0 Å². The Balaban J connectivity index is 2.00. The van der Waals surface area contributed by atoms with E-state index in [1.807, 2.05) is 72.8 Å². The van der Waals surface area contributed by atoms with Crippen molar-refractivity contribution in [3.8, 4) is 28.0 Å². The highest BCUT2D eigenvalue weighted by Gasteiger charge is 2.34. The van der Waals surface area contributed by atoms with Gasteiger partial charge >= 0.3 is 6.18 Å². The Kier molecular flexibility index (Phi) is 4.86. The fourth-order valence-electron chi connectivity index (χ4n) is 4.43. The van der Waals surface area contributed by atoms with Gasteiger partial charge in [-0.3, -0.25) is 0 Å². The van der Waals surface area contributed by atoms with E-state index in [1.165, 1.54) is 6.07 Å². The summed E-state index contributed by atoms with van der Waals surface area (Å²) in [5, 5.41) is 3.62. The van der Waals surface area contributed by atoms with Gasteiger partial charge in [0.1, 0.15) is 5.75 Å². The fourth-order valence-corrected chi connectivity index (χ4v) is 4.43. The average Bonchev–Trinajstić information content (AvgIpc) is 2.83. The predicted octanol–water partition coefficient (Wildman–Crippen LogP) is 8.35. The first-order valence-corrected chi connectivity index (χ1v) is 10.2. The third-order valence-electron chi connectivity index (χ3n) is 5.81. The monoisotopic (exact) mass is 428 g/mol. The van der Waals surface area contributed by atoms with Crippen molar-refractivity contribution in [2.75, 3.05) is 7.11 Å². The van der Waals surface area contributed by atoms with E-state index >= 15 is 0 Å². The van der Waals surface area contributed by atoms with Gasteiger partial charge < -0.3 is 4.74 Å². The summed E-state index contributed by atoms with van der Waals surface area (Å²) in [7, 11) is 1.59. The van der Waals surface area contributed by atoms with E-state index in [0.717, 1.165) is 38.7 Å². The van der Waals surface area contributed by atoms with Crippen molar-refractivity contribution in [1.29, 1.82) is 0 Å². The summed E-state index contributed by atoms with van der Waals surface area (Å²) in [6, 6.07) is 28.8. The summed E-state index contributed by atoms with van der Waals surface area (Å²) in [6.07, 6.45) is -4.47. The number of hydrogen-bond acceptors (Lipinski definition) is 1. The van der Waals surface area contributed by atoms with E-state index in [1.54, 1.807) is 19.2 Å². The highest BCUT2D eigenvalue weighted by Crippen LogP contribution is 2.47. The standard InChI is InChI=1S/C28H19F3O/c1-32-19-16-14-18(15-17-19)26-22-10-4-2-8-20(22)21-9-3-5-11-23(21)27(26)24-12-6-7-13-25(24)28(29,30)31/h2-17H,1H3. The van der Waals surface area contributed by atoms with Crippen LogP contribution in [-0.2, 0) is 6.18 Å². The smallest absolute Gasteiger partial charge is 0.417 e. The number of hydrogen-bond donors (Lipinski definition) is 0. The fraction of sp³-hybridized carbons (Fsp3) is 0.0714. The topological polar surface area (TPSA) is 9.23 Å². The molecule has 0 aliphatic heterocycles. The summed E-state index contributed by atoms with van der Waals surface area (Å²) in [6.45, 7) is 0. The predicted molar refractivity (Wildman–Crippen MR) is 124 cm³/mol. The summed E-state index contributed by atoms with van der Waals surface area (Å²) < 4.78 is 47.5. The molecule has 158 valence electrons. The molecule has 4 heteroatoms. The van der Waals surface area contributed by atoms with Gasteiger partial charge in [-0.2, -0.15) is 13.2 Å². The SMILES string of the molecule is COc1ccc(-c2c(-c3ccccc3C(F)(F)F)c3ccccc3c3ccccc23)cc1. The Hall–Kier alpha value is -3.79. The first-order chi connectivity index (χ1) is 15.5. The van der Waals surface area contributed by atoms with Gasteiger partial charge in [-0.05, 0) is 62.0 Å². The van der Waals surface area contributed by atoms with Gasteiger partial charge in [0.25, 0.3) is 0 Å². The highest BCUT2D eigenvalue weighted by atomic mass is 19.4. The maximum Gasteiger partial charge on any atom is 0.417 e. The number of alkyl halides is 3. The van der Waals surface area contributed by atoms with Crippen LogP contribution in [0.1, 0.15) is 5.56 Å². The molecule has 0 aliphatic rings. The summed E-state index contributed by atoms with van der Waals surface area (Å²) >= 11 is 0. The Morgan fingerprint density at radius 1 is 0.562 bits per heavy atom. The lowest BCUT2D eigenvalue weighted by Gasteiger charge is -2.21. The maximum atomic E-state index is 14.1. The molecule has 0 unspecified atom stereocenters. The molecule has 32 heavy (non-hydrogen) atoms. The van der Waals surface area contributed by atoms with Gasteiger partial charge in [-0.1, -0.05) is 78.9 Å². The lowest BCUT2D eigenvalue weighted by atomic mass is 9.83. The molecule has 5 aromatic rings. The van der Waals surface area contributed by atoms with Crippen LogP contribution in [-0.4, -0.2) is 7.11 Å². The molecule has 0 saturated heterocycles. The van der Waals surface area contributed by atoms with E-state index in [2.05, 4.69) is 0 Å². The average molecular weight is 428 g/mol. The molecule has 0 amide bonds. The van der Waals surface area contributed by atoms with Crippen molar-refractivity contribution in [3.05, 3.63) is 103 Å². The van der Waals surface area contributed by atoms with Gasteiger partial charge in [0, 0.05) is 0 Å². The molecule has 0 radical (unpaired) electrons. The molecule has 0 bridgehead atoms. The van der Waals surface area contributed by atoms with Crippen molar-refractivity contribution in [2.24, 2.45) is 0 Å². The van der Waals surface area contributed by atoms with Crippen LogP contribution in [0, 0.1) is 0 Å². The minimum absolute atomic E-state index is 0.174. The molecule has 0 spiro atoms. The maximum absolute atomic E-state index is 14.1.